The molecule has 0 radical (unpaired) electrons. The average Bonchev–Trinajstić information content (AvgIpc) is 3.20. The van der Waals surface area contributed by atoms with Gasteiger partial charge in [-0.3, -0.25) is 4.79 Å². The molecule has 0 unspecified atom stereocenters. The van der Waals surface area contributed by atoms with Gasteiger partial charge in [0, 0.05) is 29.7 Å². The fourth-order valence-electron chi connectivity index (χ4n) is 3.53. The van der Waals surface area contributed by atoms with Crippen molar-refractivity contribution >= 4 is 27.3 Å². The van der Waals surface area contributed by atoms with Crippen molar-refractivity contribution in [1.29, 1.82) is 0 Å². The fraction of sp³-hybridized carbons (Fsp3) is 0.250. The van der Waals surface area contributed by atoms with Gasteiger partial charge < -0.3 is 10.6 Å². The van der Waals surface area contributed by atoms with Gasteiger partial charge in [-0.05, 0) is 28.0 Å². The molecule has 1 aliphatic rings. The second kappa shape index (κ2) is 6.38. The number of nitrogens with zero attached hydrogens (tertiary/aromatic N) is 1. The van der Waals surface area contributed by atoms with Crippen LogP contribution >= 0.6 is 11.3 Å². The van der Waals surface area contributed by atoms with Crippen LogP contribution in [0.2, 0.25) is 0 Å². The number of hydrogen-bond acceptors (Lipinski definition) is 3. The number of hydrogen-bond donors (Lipinski definition) is 1. The van der Waals surface area contributed by atoms with E-state index in [9.17, 15) is 4.79 Å². The first-order valence-electron chi connectivity index (χ1n) is 8.26. The van der Waals surface area contributed by atoms with Crippen molar-refractivity contribution in [2.24, 2.45) is 5.73 Å². The summed E-state index contributed by atoms with van der Waals surface area (Å²) in [5.74, 6) is 0.404. The van der Waals surface area contributed by atoms with Crippen LogP contribution in [0.15, 0.2) is 60.0 Å². The van der Waals surface area contributed by atoms with E-state index >= 15 is 0 Å². The standard InChI is InChI=1S/C20H20N2OS/c21-18-12-22(11-17(18)14-6-2-1-3-7-14)20(23)10-15-13-24-19-9-5-4-8-16(15)19/h1-9,13,17-18H,10-12,21H2/t17-,18+/m0/s1. The molecule has 2 atom stereocenters. The lowest BCUT2D eigenvalue weighted by molar-refractivity contribution is -0.129. The SMILES string of the molecule is N[C@@H]1CN(C(=O)Cc2csc3ccccc23)C[C@H]1c1ccccc1. The van der Waals surface area contributed by atoms with E-state index < -0.39 is 0 Å². The fourth-order valence-corrected chi connectivity index (χ4v) is 4.49. The highest BCUT2D eigenvalue weighted by Gasteiger charge is 2.33. The molecule has 3 nitrogen and oxygen atoms in total. The number of nitrogens with two attached hydrogens (primary N) is 1. The molecule has 4 heteroatoms. The van der Waals surface area contributed by atoms with Crippen LogP contribution in [0, 0.1) is 0 Å². The predicted molar refractivity (Wildman–Crippen MR) is 99.3 cm³/mol. The maximum absolute atomic E-state index is 12.8. The van der Waals surface area contributed by atoms with E-state index in [2.05, 4.69) is 29.6 Å². The number of carbonyl (C=O) groups excluding carboxylic acids is 1. The van der Waals surface area contributed by atoms with Crippen LogP contribution in [0.1, 0.15) is 17.0 Å². The third-order valence-corrected chi connectivity index (χ3v) is 5.86. The molecule has 3 aromatic rings. The molecule has 4 rings (SSSR count). The average molecular weight is 336 g/mol. The third kappa shape index (κ3) is 2.83. The molecule has 0 bridgehead atoms. The van der Waals surface area contributed by atoms with Gasteiger partial charge in [0.1, 0.15) is 0 Å². The molecule has 2 aromatic carbocycles. The summed E-state index contributed by atoms with van der Waals surface area (Å²) in [7, 11) is 0. The summed E-state index contributed by atoms with van der Waals surface area (Å²) in [6.45, 7) is 1.35. The van der Waals surface area contributed by atoms with Crippen LogP contribution in [0.3, 0.4) is 0 Å². The minimum Gasteiger partial charge on any atom is -0.340 e. The summed E-state index contributed by atoms with van der Waals surface area (Å²) in [6, 6.07) is 18.5. The van der Waals surface area contributed by atoms with Gasteiger partial charge >= 0.3 is 0 Å². The molecule has 122 valence electrons. The quantitative estimate of drug-likeness (QED) is 0.797. The molecule has 1 fully saturated rings. The largest absolute Gasteiger partial charge is 0.340 e. The van der Waals surface area contributed by atoms with Crippen LogP contribution in [0.5, 0.6) is 0 Å². The second-order valence-electron chi connectivity index (χ2n) is 6.41. The third-order valence-electron chi connectivity index (χ3n) is 4.85. The normalized spacial score (nSPS) is 20.6. The van der Waals surface area contributed by atoms with Gasteiger partial charge in [0.25, 0.3) is 0 Å². The Hall–Kier alpha value is -2.17. The Kier molecular flexibility index (Phi) is 4.08. The van der Waals surface area contributed by atoms with Crippen LogP contribution in [-0.4, -0.2) is 29.9 Å². The molecular formula is C20H20N2OS. The van der Waals surface area contributed by atoms with Crippen molar-refractivity contribution in [3.63, 3.8) is 0 Å². The summed E-state index contributed by atoms with van der Waals surface area (Å²) in [6.07, 6.45) is 0.457. The molecule has 1 aliphatic heterocycles. The molecular weight excluding hydrogens is 316 g/mol. The van der Waals surface area contributed by atoms with E-state index in [0.29, 0.717) is 19.5 Å². The number of likely N-dealkylation sites (tertiary alicyclic amines) is 1. The van der Waals surface area contributed by atoms with Gasteiger partial charge in [-0.15, -0.1) is 11.3 Å². The van der Waals surface area contributed by atoms with Crippen LogP contribution in [-0.2, 0) is 11.2 Å². The van der Waals surface area contributed by atoms with Crippen LogP contribution in [0.4, 0.5) is 0 Å². The highest BCUT2D eigenvalue weighted by atomic mass is 32.1. The van der Waals surface area contributed by atoms with Gasteiger partial charge in [0.05, 0.1) is 6.42 Å². The van der Waals surface area contributed by atoms with E-state index in [1.54, 1.807) is 11.3 Å². The zero-order valence-corrected chi connectivity index (χ0v) is 14.2. The van der Waals surface area contributed by atoms with Crippen molar-refractivity contribution in [1.82, 2.24) is 4.90 Å². The Balaban J connectivity index is 1.49. The van der Waals surface area contributed by atoms with E-state index in [4.69, 9.17) is 5.73 Å². The second-order valence-corrected chi connectivity index (χ2v) is 7.32. The number of fused-ring (bicyclic) bond motifs is 1. The van der Waals surface area contributed by atoms with Crippen molar-refractivity contribution in [2.45, 2.75) is 18.4 Å². The molecule has 0 spiro atoms. The first-order valence-corrected chi connectivity index (χ1v) is 9.14. The van der Waals surface area contributed by atoms with Gasteiger partial charge in [-0.2, -0.15) is 0 Å². The van der Waals surface area contributed by atoms with Crippen molar-refractivity contribution in [3.05, 3.63) is 71.1 Å². The van der Waals surface area contributed by atoms with Gasteiger partial charge in [0.15, 0.2) is 0 Å². The predicted octanol–water partition coefficient (Wildman–Crippen LogP) is 3.40. The number of carbonyl (C=O) groups is 1. The first-order chi connectivity index (χ1) is 11.7. The van der Waals surface area contributed by atoms with Crippen LogP contribution < -0.4 is 5.73 Å². The Labute approximate surface area is 145 Å². The summed E-state index contributed by atoms with van der Waals surface area (Å²) in [5, 5.41) is 3.30. The lowest BCUT2D eigenvalue weighted by Crippen LogP contribution is -2.33. The van der Waals surface area contributed by atoms with Gasteiger partial charge in [-0.25, -0.2) is 0 Å². The Bertz CT molecular complexity index is 858. The zero-order valence-electron chi connectivity index (χ0n) is 13.4. The molecule has 0 aliphatic carbocycles. The number of amides is 1. The summed E-state index contributed by atoms with van der Waals surface area (Å²) in [4.78, 5) is 14.7. The Morgan fingerprint density at radius 3 is 2.67 bits per heavy atom. The first kappa shape index (κ1) is 15.4. The zero-order chi connectivity index (χ0) is 16.5. The van der Waals surface area contributed by atoms with E-state index in [-0.39, 0.29) is 17.9 Å². The van der Waals surface area contributed by atoms with Crippen molar-refractivity contribution in [2.75, 3.05) is 13.1 Å². The number of benzene rings is 2. The maximum atomic E-state index is 12.8. The topological polar surface area (TPSA) is 46.3 Å². The molecule has 24 heavy (non-hydrogen) atoms. The van der Waals surface area contributed by atoms with E-state index in [1.165, 1.54) is 15.6 Å². The summed E-state index contributed by atoms with van der Waals surface area (Å²) in [5.41, 5.74) is 8.66. The van der Waals surface area contributed by atoms with Crippen molar-refractivity contribution < 1.29 is 4.79 Å². The monoisotopic (exact) mass is 336 g/mol. The summed E-state index contributed by atoms with van der Waals surface area (Å²) >= 11 is 1.70. The smallest absolute Gasteiger partial charge is 0.227 e. The molecule has 1 aromatic heterocycles. The molecule has 1 amide bonds. The summed E-state index contributed by atoms with van der Waals surface area (Å²) < 4.78 is 1.24. The highest BCUT2D eigenvalue weighted by Crippen LogP contribution is 2.29. The Morgan fingerprint density at radius 2 is 1.83 bits per heavy atom. The lowest BCUT2D eigenvalue weighted by atomic mass is 9.95. The molecule has 0 saturated carbocycles. The maximum Gasteiger partial charge on any atom is 0.227 e. The lowest BCUT2D eigenvalue weighted by Gasteiger charge is -2.16. The minimum absolute atomic E-state index is 0.00979. The molecule has 2 N–H and O–H groups in total. The number of thiophene rings is 1. The van der Waals surface area contributed by atoms with E-state index in [1.807, 2.05) is 35.2 Å². The molecule has 1 saturated heterocycles. The highest BCUT2D eigenvalue weighted by molar-refractivity contribution is 7.17. The Morgan fingerprint density at radius 1 is 1.08 bits per heavy atom. The van der Waals surface area contributed by atoms with E-state index in [0.717, 1.165) is 5.56 Å². The van der Waals surface area contributed by atoms with Gasteiger partial charge in [-0.1, -0.05) is 48.5 Å². The number of rotatable bonds is 3. The molecule has 2 heterocycles. The minimum atomic E-state index is 0.00979. The van der Waals surface area contributed by atoms with Crippen molar-refractivity contribution in [3.8, 4) is 0 Å². The van der Waals surface area contributed by atoms with Crippen LogP contribution in [0.25, 0.3) is 10.1 Å². The van der Waals surface area contributed by atoms with Gasteiger partial charge in [0.2, 0.25) is 5.91 Å².